The first-order valence-corrected chi connectivity index (χ1v) is 7.95. The van der Waals surface area contributed by atoms with Crippen molar-refractivity contribution in [3.63, 3.8) is 0 Å². The van der Waals surface area contributed by atoms with Crippen molar-refractivity contribution in [3.05, 3.63) is 0 Å². The fourth-order valence-corrected chi connectivity index (χ4v) is 3.99. The van der Waals surface area contributed by atoms with E-state index in [0.717, 1.165) is 31.1 Å². The van der Waals surface area contributed by atoms with Crippen molar-refractivity contribution in [2.24, 2.45) is 11.8 Å². The highest BCUT2D eigenvalue weighted by molar-refractivity contribution is 4.86. The third-order valence-corrected chi connectivity index (χ3v) is 5.07. The molecule has 0 spiro atoms. The van der Waals surface area contributed by atoms with Crippen LogP contribution in [0.3, 0.4) is 0 Å². The van der Waals surface area contributed by atoms with Crippen LogP contribution in [0.4, 0.5) is 0 Å². The molecule has 3 aliphatic heterocycles. The van der Waals surface area contributed by atoms with Crippen molar-refractivity contribution in [2.45, 2.75) is 44.6 Å². The number of hydrogen-bond acceptors (Lipinski definition) is 3. The average molecular weight is 252 g/mol. The second-order valence-electron chi connectivity index (χ2n) is 6.42. The lowest BCUT2D eigenvalue weighted by molar-refractivity contribution is 0.0432. The molecule has 0 aliphatic carbocycles. The maximum Gasteiger partial charge on any atom is 0.0469 e. The van der Waals surface area contributed by atoms with Gasteiger partial charge in [0, 0.05) is 32.3 Å². The molecule has 0 saturated carbocycles. The Balaban J connectivity index is 1.47. The molecular formula is C15H28N2O. The summed E-state index contributed by atoms with van der Waals surface area (Å²) in [6.07, 6.45) is 8.22. The molecule has 3 rings (SSSR count). The molecule has 0 aromatic carbocycles. The van der Waals surface area contributed by atoms with Crippen molar-refractivity contribution >= 4 is 0 Å². The van der Waals surface area contributed by atoms with Crippen molar-refractivity contribution in [1.82, 2.24) is 10.2 Å². The Morgan fingerprint density at radius 1 is 1.06 bits per heavy atom. The molecule has 0 amide bonds. The Labute approximate surface area is 111 Å². The van der Waals surface area contributed by atoms with E-state index in [-0.39, 0.29) is 0 Å². The van der Waals surface area contributed by atoms with E-state index in [0.29, 0.717) is 0 Å². The fraction of sp³-hybridized carbons (Fsp3) is 1.00. The first-order valence-electron chi connectivity index (χ1n) is 7.95. The third-order valence-electron chi connectivity index (χ3n) is 5.07. The van der Waals surface area contributed by atoms with Gasteiger partial charge in [-0.25, -0.2) is 0 Å². The van der Waals surface area contributed by atoms with E-state index >= 15 is 0 Å². The first-order chi connectivity index (χ1) is 8.92. The van der Waals surface area contributed by atoms with Gasteiger partial charge in [0.25, 0.3) is 0 Å². The topological polar surface area (TPSA) is 24.5 Å². The van der Waals surface area contributed by atoms with Crippen LogP contribution in [-0.2, 0) is 4.74 Å². The quantitative estimate of drug-likeness (QED) is 0.830. The highest BCUT2D eigenvalue weighted by atomic mass is 16.5. The van der Waals surface area contributed by atoms with Crippen LogP contribution in [0.5, 0.6) is 0 Å². The van der Waals surface area contributed by atoms with Gasteiger partial charge in [-0.1, -0.05) is 0 Å². The molecule has 3 heteroatoms. The molecule has 3 nitrogen and oxygen atoms in total. The minimum absolute atomic E-state index is 0.822. The molecule has 3 saturated heterocycles. The molecule has 0 radical (unpaired) electrons. The Kier molecular flexibility index (Phi) is 4.55. The summed E-state index contributed by atoms with van der Waals surface area (Å²) in [5.74, 6) is 1.81. The molecular weight excluding hydrogens is 224 g/mol. The zero-order valence-corrected chi connectivity index (χ0v) is 11.6. The van der Waals surface area contributed by atoms with E-state index < -0.39 is 0 Å². The van der Waals surface area contributed by atoms with Crippen LogP contribution in [0, 0.1) is 11.8 Å². The van der Waals surface area contributed by atoms with Gasteiger partial charge in [0.05, 0.1) is 0 Å². The number of hydrogen-bond donors (Lipinski definition) is 1. The molecule has 3 heterocycles. The second kappa shape index (κ2) is 6.36. The lowest BCUT2D eigenvalue weighted by Gasteiger charge is -2.38. The maximum absolute atomic E-state index is 5.46. The van der Waals surface area contributed by atoms with Gasteiger partial charge < -0.3 is 15.0 Å². The van der Waals surface area contributed by atoms with Crippen LogP contribution in [0.15, 0.2) is 0 Å². The first kappa shape index (κ1) is 12.9. The van der Waals surface area contributed by atoms with E-state index in [1.54, 1.807) is 0 Å². The van der Waals surface area contributed by atoms with Gasteiger partial charge in [0.2, 0.25) is 0 Å². The largest absolute Gasteiger partial charge is 0.381 e. The van der Waals surface area contributed by atoms with E-state index in [2.05, 4.69) is 10.2 Å². The zero-order chi connectivity index (χ0) is 12.2. The van der Waals surface area contributed by atoms with Gasteiger partial charge in [-0.15, -0.1) is 0 Å². The summed E-state index contributed by atoms with van der Waals surface area (Å²) in [6.45, 7) is 7.24. The van der Waals surface area contributed by atoms with E-state index in [9.17, 15) is 0 Å². The SMILES string of the molecule is C1CNC(C2CCCN(CC3CCOCC3)C2)C1. The average Bonchev–Trinajstić information content (AvgIpc) is 2.94. The molecule has 1 N–H and O–H groups in total. The molecule has 2 atom stereocenters. The number of rotatable bonds is 3. The summed E-state index contributed by atoms with van der Waals surface area (Å²) in [4.78, 5) is 2.74. The van der Waals surface area contributed by atoms with Crippen molar-refractivity contribution in [1.29, 1.82) is 0 Å². The maximum atomic E-state index is 5.46. The van der Waals surface area contributed by atoms with Gasteiger partial charge in [-0.05, 0) is 63.5 Å². The van der Waals surface area contributed by atoms with Crippen LogP contribution >= 0.6 is 0 Å². The van der Waals surface area contributed by atoms with E-state index in [4.69, 9.17) is 4.74 Å². The Bertz CT molecular complexity index is 247. The van der Waals surface area contributed by atoms with Crippen LogP contribution in [0.25, 0.3) is 0 Å². The minimum Gasteiger partial charge on any atom is -0.381 e. The van der Waals surface area contributed by atoms with Gasteiger partial charge in [0.15, 0.2) is 0 Å². The molecule has 3 fully saturated rings. The monoisotopic (exact) mass is 252 g/mol. The lowest BCUT2D eigenvalue weighted by atomic mass is 9.88. The summed E-state index contributed by atoms with van der Waals surface area (Å²) in [7, 11) is 0. The number of likely N-dealkylation sites (tertiary alicyclic amines) is 1. The van der Waals surface area contributed by atoms with Crippen LogP contribution in [0.2, 0.25) is 0 Å². The summed E-state index contributed by atoms with van der Waals surface area (Å²) in [6, 6.07) is 0.822. The fourth-order valence-electron chi connectivity index (χ4n) is 3.99. The van der Waals surface area contributed by atoms with Crippen molar-refractivity contribution in [3.8, 4) is 0 Å². The number of ether oxygens (including phenoxy) is 1. The van der Waals surface area contributed by atoms with Crippen molar-refractivity contribution < 1.29 is 4.74 Å². The predicted octanol–water partition coefficient (Wildman–Crippen LogP) is 1.88. The van der Waals surface area contributed by atoms with Gasteiger partial charge in [-0.3, -0.25) is 0 Å². The second-order valence-corrected chi connectivity index (χ2v) is 6.42. The van der Waals surface area contributed by atoms with Crippen LogP contribution in [0.1, 0.15) is 38.5 Å². The van der Waals surface area contributed by atoms with Gasteiger partial charge in [0.1, 0.15) is 0 Å². The highest BCUT2D eigenvalue weighted by Gasteiger charge is 2.30. The van der Waals surface area contributed by atoms with Gasteiger partial charge in [-0.2, -0.15) is 0 Å². The number of nitrogens with one attached hydrogen (secondary N) is 1. The standard InChI is InChI=1S/C15H28N2O/c1-4-15(16-7-1)14-3-2-8-17(12-14)11-13-5-9-18-10-6-13/h13-16H,1-12H2. The minimum atomic E-state index is 0.822. The molecule has 0 aromatic rings. The smallest absolute Gasteiger partial charge is 0.0469 e. The Morgan fingerprint density at radius 3 is 2.72 bits per heavy atom. The zero-order valence-electron chi connectivity index (χ0n) is 11.6. The predicted molar refractivity (Wildman–Crippen MR) is 73.7 cm³/mol. The third kappa shape index (κ3) is 3.25. The molecule has 3 aliphatic rings. The number of piperidine rings is 1. The molecule has 2 unspecified atom stereocenters. The van der Waals surface area contributed by atoms with E-state index in [1.807, 2.05) is 0 Å². The van der Waals surface area contributed by atoms with E-state index in [1.165, 1.54) is 64.7 Å². The summed E-state index contributed by atoms with van der Waals surface area (Å²) >= 11 is 0. The lowest BCUT2D eigenvalue weighted by Crippen LogP contribution is -2.45. The molecule has 0 bridgehead atoms. The summed E-state index contributed by atoms with van der Waals surface area (Å²) < 4.78 is 5.46. The molecule has 0 aromatic heterocycles. The summed E-state index contributed by atoms with van der Waals surface area (Å²) in [5, 5.41) is 3.70. The number of nitrogens with zero attached hydrogens (tertiary/aromatic N) is 1. The molecule has 18 heavy (non-hydrogen) atoms. The summed E-state index contributed by atoms with van der Waals surface area (Å²) in [5.41, 5.74) is 0. The Hall–Kier alpha value is -0.120. The molecule has 104 valence electrons. The highest BCUT2D eigenvalue weighted by Crippen LogP contribution is 2.26. The van der Waals surface area contributed by atoms with Gasteiger partial charge >= 0.3 is 0 Å². The Morgan fingerprint density at radius 2 is 1.94 bits per heavy atom. The van der Waals surface area contributed by atoms with Crippen LogP contribution in [-0.4, -0.2) is 50.3 Å². The van der Waals surface area contributed by atoms with Crippen molar-refractivity contribution in [2.75, 3.05) is 39.4 Å². The van der Waals surface area contributed by atoms with Crippen LogP contribution < -0.4 is 5.32 Å². The normalized spacial score (nSPS) is 36.0.